The highest BCUT2D eigenvalue weighted by molar-refractivity contribution is 6.10. The number of hydrogen-bond acceptors (Lipinski definition) is 4. The number of methoxy groups -OCH3 is 2. The summed E-state index contributed by atoms with van der Waals surface area (Å²) in [6.45, 7) is 2.05. The van der Waals surface area contributed by atoms with Gasteiger partial charge >= 0.3 is 0 Å². The Balaban J connectivity index is 1.72. The van der Waals surface area contributed by atoms with Crippen molar-refractivity contribution < 1.29 is 19.1 Å². The molecule has 0 saturated carbocycles. The topological polar surface area (TPSA) is 76.7 Å². The molecule has 0 aliphatic heterocycles. The van der Waals surface area contributed by atoms with Gasteiger partial charge in [-0.05, 0) is 60.5 Å². The number of benzene rings is 3. The lowest BCUT2D eigenvalue weighted by Crippen LogP contribution is -2.17. The van der Waals surface area contributed by atoms with Crippen molar-refractivity contribution in [2.75, 3.05) is 24.9 Å². The average molecular weight is 418 g/mol. The molecule has 3 aromatic rings. The number of para-hydroxylation sites is 2. The molecule has 0 aromatic heterocycles. The molecular formula is C25H26N2O4. The normalized spacial score (nSPS) is 11.5. The third-order valence-electron chi connectivity index (χ3n) is 4.98. The Labute approximate surface area is 182 Å². The second kappa shape index (κ2) is 10.4. The van der Waals surface area contributed by atoms with Crippen molar-refractivity contribution >= 4 is 23.2 Å². The van der Waals surface area contributed by atoms with E-state index < -0.39 is 0 Å². The second-order valence-corrected chi connectivity index (χ2v) is 6.94. The number of hydrogen-bond donors (Lipinski definition) is 2. The zero-order valence-corrected chi connectivity index (χ0v) is 17.8. The first-order valence-electron chi connectivity index (χ1n) is 10.0. The summed E-state index contributed by atoms with van der Waals surface area (Å²) in [5.41, 5.74) is 3.06. The summed E-state index contributed by atoms with van der Waals surface area (Å²) in [5.74, 6) is 0.132. The molecular weight excluding hydrogens is 392 g/mol. The Morgan fingerprint density at radius 1 is 0.774 bits per heavy atom. The molecule has 6 heteroatoms. The minimum atomic E-state index is -0.279. The largest absolute Gasteiger partial charge is 0.497 e. The zero-order chi connectivity index (χ0) is 22.2. The van der Waals surface area contributed by atoms with Crippen molar-refractivity contribution in [2.24, 2.45) is 0 Å². The van der Waals surface area contributed by atoms with Gasteiger partial charge in [0.2, 0.25) is 0 Å². The maximum Gasteiger partial charge on any atom is 0.255 e. The summed E-state index contributed by atoms with van der Waals surface area (Å²) < 4.78 is 10.6. The first kappa shape index (κ1) is 22.1. The number of amides is 2. The molecule has 0 aliphatic rings. The fourth-order valence-electron chi connectivity index (χ4n) is 3.22. The van der Waals surface area contributed by atoms with Gasteiger partial charge in [-0.3, -0.25) is 9.59 Å². The van der Waals surface area contributed by atoms with Gasteiger partial charge in [-0.2, -0.15) is 0 Å². The van der Waals surface area contributed by atoms with Crippen LogP contribution in [0, 0.1) is 0 Å². The number of rotatable bonds is 8. The Bertz CT molecular complexity index is 1030. The van der Waals surface area contributed by atoms with Gasteiger partial charge in [-0.25, -0.2) is 0 Å². The number of ether oxygens (including phenoxy) is 2. The van der Waals surface area contributed by atoms with Gasteiger partial charge in [0.25, 0.3) is 11.8 Å². The van der Waals surface area contributed by atoms with Crippen molar-refractivity contribution in [3.8, 4) is 5.75 Å². The van der Waals surface area contributed by atoms with Crippen LogP contribution >= 0.6 is 0 Å². The Hall–Kier alpha value is -3.64. The number of anilines is 2. The molecule has 0 fully saturated rings. The van der Waals surface area contributed by atoms with E-state index in [9.17, 15) is 9.59 Å². The van der Waals surface area contributed by atoms with Crippen molar-refractivity contribution in [3.63, 3.8) is 0 Å². The maximum absolute atomic E-state index is 12.7. The molecule has 1 atom stereocenters. The molecule has 1 unspecified atom stereocenters. The number of nitrogens with one attached hydrogen (secondary N) is 2. The predicted octanol–water partition coefficient (Wildman–Crippen LogP) is 5.30. The molecule has 3 rings (SSSR count). The van der Waals surface area contributed by atoms with Crippen molar-refractivity contribution in [3.05, 3.63) is 89.5 Å². The van der Waals surface area contributed by atoms with Crippen LogP contribution in [0.4, 0.5) is 11.4 Å². The molecule has 2 N–H and O–H groups in total. The van der Waals surface area contributed by atoms with Crippen LogP contribution in [0.1, 0.15) is 45.7 Å². The molecule has 0 bridgehead atoms. The van der Waals surface area contributed by atoms with Crippen LogP contribution in [0.15, 0.2) is 72.8 Å². The SMILES string of the molecule is CCC(OC)c1ccc(C(=O)Nc2ccccc2NC(=O)c2ccc(OC)cc2)cc1. The van der Waals surface area contributed by atoms with E-state index in [2.05, 4.69) is 10.6 Å². The van der Waals surface area contributed by atoms with Crippen LogP contribution < -0.4 is 15.4 Å². The Kier molecular flexibility index (Phi) is 7.40. The standard InChI is InChI=1S/C25H26N2O4/c1-4-23(31-3)17-9-11-18(12-10-17)24(28)26-21-7-5-6-8-22(21)27-25(29)19-13-15-20(30-2)16-14-19/h5-16,23H,4H2,1-3H3,(H,26,28)(H,27,29). The fourth-order valence-corrected chi connectivity index (χ4v) is 3.22. The minimum absolute atomic E-state index is 0.00556. The average Bonchev–Trinajstić information content (AvgIpc) is 2.81. The highest BCUT2D eigenvalue weighted by atomic mass is 16.5. The molecule has 2 amide bonds. The van der Waals surface area contributed by atoms with E-state index in [0.29, 0.717) is 28.3 Å². The summed E-state index contributed by atoms with van der Waals surface area (Å²) in [5, 5.41) is 5.72. The molecule has 0 spiro atoms. The van der Waals surface area contributed by atoms with Crippen molar-refractivity contribution in [1.82, 2.24) is 0 Å². The first-order chi connectivity index (χ1) is 15.0. The van der Waals surface area contributed by atoms with Gasteiger partial charge < -0.3 is 20.1 Å². The lowest BCUT2D eigenvalue weighted by atomic mass is 10.0. The molecule has 3 aromatic carbocycles. The summed E-state index contributed by atoms with van der Waals surface area (Å²) in [7, 11) is 3.24. The zero-order valence-electron chi connectivity index (χ0n) is 17.8. The predicted molar refractivity (Wildman–Crippen MR) is 122 cm³/mol. The highest BCUT2D eigenvalue weighted by Gasteiger charge is 2.13. The van der Waals surface area contributed by atoms with Crippen LogP contribution in [0.3, 0.4) is 0 Å². The van der Waals surface area contributed by atoms with Crippen LogP contribution in [0.25, 0.3) is 0 Å². The van der Waals surface area contributed by atoms with E-state index in [1.807, 2.05) is 19.1 Å². The first-order valence-corrected chi connectivity index (χ1v) is 10.0. The van der Waals surface area contributed by atoms with E-state index in [4.69, 9.17) is 9.47 Å². The molecule has 0 aliphatic carbocycles. The van der Waals surface area contributed by atoms with Crippen molar-refractivity contribution in [2.45, 2.75) is 19.4 Å². The van der Waals surface area contributed by atoms with Gasteiger partial charge in [0.05, 0.1) is 24.6 Å². The number of carbonyl (C=O) groups excluding carboxylic acids is 2. The fraction of sp³-hybridized carbons (Fsp3) is 0.200. The molecule has 160 valence electrons. The van der Waals surface area contributed by atoms with Gasteiger partial charge in [0, 0.05) is 18.2 Å². The molecule has 6 nitrogen and oxygen atoms in total. The quantitative estimate of drug-likeness (QED) is 0.521. The van der Waals surface area contributed by atoms with E-state index in [-0.39, 0.29) is 17.9 Å². The second-order valence-electron chi connectivity index (χ2n) is 6.94. The number of carbonyl (C=O) groups is 2. The van der Waals surface area contributed by atoms with Gasteiger partial charge in [-0.1, -0.05) is 31.2 Å². The molecule has 0 heterocycles. The highest BCUT2D eigenvalue weighted by Crippen LogP contribution is 2.24. The van der Waals surface area contributed by atoms with Gasteiger partial charge in [-0.15, -0.1) is 0 Å². The third kappa shape index (κ3) is 5.49. The summed E-state index contributed by atoms with van der Waals surface area (Å²) in [6, 6.07) is 21.2. The molecule has 0 saturated heterocycles. The van der Waals surface area contributed by atoms with Gasteiger partial charge in [0.1, 0.15) is 5.75 Å². The summed E-state index contributed by atoms with van der Waals surface area (Å²) in [6.07, 6.45) is 0.856. The monoisotopic (exact) mass is 418 g/mol. The van der Waals surface area contributed by atoms with Crippen LogP contribution in [0.5, 0.6) is 5.75 Å². The van der Waals surface area contributed by atoms with Crippen LogP contribution in [0.2, 0.25) is 0 Å². The van der Waals surface area contributed by atoms with Gasteiger partial charge in [0.15, 0.2) is 0 Å². The Morgan fingerprint density at radius 3 is 1.68 bits per heavy atom. The summed E-state index contributed by atoms with van der Waals surface area (Å²) >= 11 is 0. The van der Waals surface area contributed by atoms with Crippen LogP contribution in [-0.2, 0) is 4.74 Å². The molecule has 0 radical (unpaired) electrons. The van der Waals surface area contributed by atoms with Crippen LogP contribution in [-0.4, -0.2) is 26.0 Å². The molecule has 31 heavy (non-hydrogen) atoms. The lowest BCUT2D eigenvalue weighted by molar-refractivity contribution is 0.0995. The maximum atomic E-state index is 12.7. The van der Waals surface area contributed by atoms with E-state index in [1.54, 1.807) is 74.9 Å². The Morgan fingerprint density at radius 2 is 1.26 bits per heavy atom. The van der Waals surface area contributed by atoms with E-state index in [0.717, 1.165) is 12.0 Å². The lowest BCUT2D eigenvalue weighted by Gasteiger charge is -2.15. The van der Waals surface area contributed by atoms with E-state index in [1.165, 1.54) is 0 Å². The third-order valence-corrected chi connectivity index (χ3v) is 4.98. The smallest absolute Gasteiger partial charge is 0.255 e. The van der Waals surface area contributed by atoms with Crippen molar-refractivity contribution in [1.29, 1.82) is 0 Å². The van der Waals surface area contributed by atoms with E-state index >= 15 is 0 Å². The minimum Gasteiger partial charge on any atom is -0.497 e. The summed E-state index contributed by atoms with van der Waals surface area (Å²) in [4.78, 5) is 25.3.